The fourth-order valence-electron chi connectivity index (χ4n) is 3.32. The molecule has 0 atom stereocenters. The minimum absolute atomic E-state index is 0.0590. The molecule has 2 aromatic rings. The highest BCUT2D eigenvalue weighted by atomic mass is 16.3. The molecular weight excluding hydrogens is 340 g/mol. The van der Waals surface area contributed by atoms with Crippen molar-refractivity contribution in [1.82, 2.24) is 4.90 Å². The Hall–Kier alpha value is -2.66. The Morgan fingerprint density at radius 2 is 1.74 bits per heavy atom. The highest BCUT2D eigenvalue weighted by molar-refractivity contribution is 5.92. The van der Waals surface area contributed by atoms with E-state index in [0.717, 1.165) is 22.4 Å². The van der Waals surface area contributed by atoms with Crippen molar-refractivity contribution >= 4 is 17.5 Å². The third-order valence-corrected chi connectivity index (χ3v) is 4.86. The highest BCUT2D eigenvalue weighted by Gasteiger charge is 2.21. The number of hydrogen-bond donors (Lipinski definition) is 2. The molecule has 0 saturated carbocycles. The van der Waals surface area contributed by atoms with E-state index < -0.39 is 0 Å². The molecule has 1 aliphatic rings. The molecule has 1 aliphatic heterocycles. The molecule has 0 aliphatic carbocycles. The first-order chi connectivity index (χ1) is 13.0. The second-order valence-electron chi connectivity index (χ2n) is 7.20. The Balaban J connectivity index is 1.51. The topological polar surface area (TPSA) is 69.6 Å². The lowest BCUT2D eigenvalue weighted by molar-refractivity contribution is -0.132. The molecule has 0 aromatic heterocycles. The summed E-state index contributed by atoms with van der Waals surface area (Å²) in [7, 11) is 0. The normalized spacial score (nSPS) is 14.8. The second kappa shape index (κ2) is 8.82. The number of anilines is 1. The molecule has 2 amide bonds. The van der Waals surface area contributed by atoms with Crippen LogP contribution in [0, 0.1) is 6.92 Å². The SMILES string of the molecule is Cc1cccc(CC(=O)Nc2ccc(CC(=O)N3CCC(O)CC3)cc2)c1. The summed E-state index contributed by atoms with van der Waals surface area (Å²) < 4.78 is 0. The number of carbonyl (C=O) groups is 2. The van der Waals surface area contributed by atoms with Gasteiger partial charge in [0.05, 0.1) is 18.9 Å². The molecular formula is C22H26N2O3. The van der Waals surface area contributed by atoms with E-state index in [4.69, 9.17) is 0 Å². The van der Waals surface area contributed by atoms with Crippen LogP contribution in [0.4, 0.5) is 5.69 Å². The number of aryl methyl sites for hydroxylation is 1. The zero-order valence-electron chi connectivity index (χ0n) is 15.6. The minimum atomic E-state index is -0.281. The van der Waals surface area contributed by atoms with Crippen molar-refractivity contribution in [2.75, 3.05) is 18.4 Å². The van der Waals surface area contributed by atoms with E-state index in [0.29, 0.717) is 38.8 Å². The summed E-state index contributed by atoms with van der Waals surface area (Å²) in [5.41, 5.74) is 3.77. The molecule has 142 valence electrons. The van der Waals surface area contributed by atoms with Crippen molar-refractivity contribution in [2.24, 2.45) is 0 Å². The summed E-state index contributed by atoms with van der Waals surface area (Å²) in [4.78, 5) is 26.3. The number of nitrogens with zero attached hydrogens (tertiary/aromatic N) is 1. The fraction of sp³-hybridized carbons (Fsp3) is 0.364. The zero-order valence-corrected chi connectivity index (χ0v) is 15.6. The van der Waals surface area contributed by atoms with Gasteiger partial charge in [0.15, 0.2) is 0 Å². The standard InChI is InChI=1S/C22H26N2O3/c1-16-3-2-4-18(13-16)14-21(26)23-19-7-5-17(6-8-19)15-22(27)24-11-9-20(25)10-12-24/h2-8,13,20,25H,9-12,14-15H2,1H3,(H,23,26). The number of amides is 2. The van der Waals surface area contributed by atoms with E-state index >= 15 is 0 Å². The maximum Gasteiger partial charge on any atom is 0.228 e. The number of hydrogen-bond acceptors (Lipinski definition) is 3. The van der Waals surface area contributed by atoms with Gasteiger partial charge in [-0.3, -0.25) is 9.59 Å². The van der Waals surface area contributed by atoms with Crippen molar-refractivity contribution in [1.29, 1.82) is 0 Å². The number of benzene rings is 2. The van der Waals surface area contributed by atoms with Gasteiger partial charge in [0.1, 0.15) is 0 Å². The molecule has 1 saturated heterocycles. The summed E-state index contributed by atoms with van der Waals surface area (Å²) in [6.45, 7) is 3.24. The Morgan fingerprint density at radius 3 is 2.41 bits per heavy atom. The number of rotatable bonds is 5. The Kier molecular flexibility index (Phi) is 6.24. The van der Waals surface area contributed by atoms with E-state index in [2.05, 4.69) is 5.32 Å². The molecule has 0 radical (unpaired) electrons. The molecule has 0 bridgehead atoms. The average molecular weight is 366 g/mol. The number of carbonyl (C=O) groups excluding carboxylic acids is 2. The fourth-order valence-corrected chi connectivity index (χ4v) is 3.32. The minimum Gasteiger partial charge on any atom is -0.393 e. The van der Waals surface area contributed by atoms with Gasteiger partial charge in [0.25, 0.3) is 0 Å². The third kappa shape index (κ3) is 5.66. The van der Waals surface area contributed by atoms with Crippen LogP contribution in [0.2, 0.25) is 0 Å². The predicted octanol–water partition coefficient (Wildman–Crippen LogP) is 2.70. The lowest BCUT2D eigenvalue weighted by atomic mass is 10.1. The first-order valence-electron chi connectivity index (χ1n) is 9.40. The number of piperidine rings is 1. The van der Waals surface area contributed by atoms with Crippen molar-refractivity contribution in [3.05, 3.63) is 65.2 Å². The van der Waals surface area contributed by atoms with Crippen LogP contribution >= 0.6 is 0 Å². The molecule has 5 heteroatoms. The van der Waals surface area contributed by atoms with Gasteiger partial charge < -0.3 is 15.3 Å². The van der Waals surface area contributed by atoms with E-state index in [-0.39, 0.29) is 17.9 Å². The van der Waals surface area contributed by atoms with E-state index in [1.165, 1.54) is 0 Å². The molecule has 1 heterocycles. The van der Waals surface area contributed by atoms with Crippen molar-refractivity contribution in [2.45, 2.75) is 38.7 Å². The van der Waals surface area contributed by atoms with Crippen LogP contribution in [0.3, 0.4) is 0 Å². The van der Waals surface area contributed by atoms with Gasteiger partial charge in [-0.15, -0.1) is 0 Å². The first-order valence-corrected chi connectivity index (χ1v) is 9.40. The highest BCUT2D eigenvalue weighted by Crippen LogP contribution is 2.15. The molecule has 27 heavy (non-hydrogen) atoms. The summed E-state index contributed by atoms with van der Waals surface area (Å²) in [6, 6.07) is 15.3. The molecule has 2 N–H and O–H groups in total. The van der Waals surface area contributed by atoms with E-state index in [1.54, 1.807) is 0 Å². The molecule has 0 unspecified atom stereocenters. The lowest BCUT2D eigenvalue weighted by Crippen LogP contribution is -2.40. The number of nitrogens with one attached hydrogen (secondary N) is 1. The van der Waals surface area contributed by atoms with Gasteiger partial charge in [-0.25, -0.2) is 0 Å². The van der Waals surface area contributed by atoms with Crippen LogP contribution in [-0.4, -0.2) is 41.0 Å². The Morgan fingerprint density at radius 1 is 1.04 bits per heavy atom. The summed E-state index contributed by atoms with van der Waals surface area (Å²) in [6.07, 6.45) is 1.70. The van der Waals surface area contributed by atoms with Gasteiger partial charge in [0.2, 0.25) is 11.8 Å². The molecule has 1 fully saturated rings. The Bertz CT molecular complexity index is 793. The molecule has 2 aromatic carbocycles. The van der Waals surface area contributed by atoms with E-state index in [9.17, 15) is 14.7 Å². The van der Waals surface area contributed by atoms with Crippen LogP contribution in [0.1, 0.15) is 29.5 Å². The van der Waals surface area contributed by atoms with Crippen molar-refractivity contribution < 1.29 is 14.7 Å². The maximum absolute atomic E-state index is 12.3. The second-order valence-corrected chi connectivity index (χ2v) is 7.20. The average Bonchev–Trinajstić information content (AvgIpc) is 2.64. The molecule has 3 rings (SSSR count). The van der Waals surface area contributed by atoms with Gasteiger partial charge in [-0.05, 0) is 43.0 Å². The van der Waals surface area contributed by atoms with Crippen LogP contribution in [0.25, 0.3) is 0 Å². The number of aliphatic hydroxyl groups is 1. The number of likely N-dealkylation sites (tertiary alicyclic amines) is 1. The van der Waals surface area contributed by atoms with Crippen LogP contribution in [0.5, 0.6) is 0 Å². The van der Waals surface area contributed by atoms with Crippen LogP contribution < -0.4 is 5.32 Å². The maximum atomic E-state index is 12.3. The van der Waals surface area contributed by atoms with Crippen molar-refractivity contribution in [3.63, 3.8) is 0 Å². The molecule has 5 nitrogen and oxygen atoms in total. The van der Waals surface area contributed by atoms with Gasteiger partial charge in [0, 0.05) is 18.8 Å². The van der Waals surface area contributed by atoms with Gasteiger partial charge in [-0.1, -0.05) is 42.0 Å². The lowest BCUT2D eigenvalue weighted by Gasteiger charge is -2.29. The van der Waals surface area contributed by atoms with Gasteiger partial charge >= 0.3 is 0 Å². The quantitative estimate of drug-likeness (QED) is 0.855. The monoisotopic (exact) mass is 366 g/mol. The predicted molar refractivity (Wildman–Crippen MR) is 105 cm³/mol. The largest absolute Gasteiger partial charge is 0.393 e. The van der Waals surface area contributed by atoms with Crippen molar-refractivity contribution in [3.8, 4) is 0 Å². The number of aliphatic hydroxyl groups excluding tert-OH is 1. The summed E-state index contributed by atoms with van der Waals surface area (Å²) in [5.74, 6) is 0.0226. The summed E-state index contributed by atoms with van der Waals surface area (Å²) in [5, 5.41) is 12.4. The van der Waals surface area contributed by atoms with E-state index in [1.807, 2.05) is 60.4 Å². The molecule has 0 spiro atoms. The smallest absolute Gasteiger partial charge is 0.228 e. The first kappa shape index (κ1) is 19.1. The zero-order chi connectivity index (χ0) is 19.2. The summed E-state index contributed by atoms with van der Waals surface area (Å²) >= 11 is 0. The van der Waals surface area contributed by atoms with Crippen LogP contribution in [-0.2, 0) is 22.4 Å². The van der Waals surface area contributed by atoms with Crippen LogP contribution in [0.15, 0.2) is 48.5 Å². The Labute approximate surface area is 160 Å². The van der Waals surface area contributed by atoms with Gasteiger partial charge in [-0.2, -0.15) is 0 Å². The third-order valence-electron chi connectivity index (χ3n) is 4.86.